The lowest BCUT2D eigenvalue weighted by Crippen LogP contribution is -2.15. The predicted molar refractivity (Wildman–Crippen MR) is 82.7 cm³/mol. The number of hydrogen-bond acceptors (Lipinski definition) is 5. The van der Waals surface area contributed by atoms with Gasteiger partial charge in [0.15, 0.2) is 5.16 Å². The summed E-state index contributed by atoms with van der Waals surface area (Å²) in [7, 11) is 1.87. The fraction of sp³-hybridized carbons (Fsp3) is 0.357. The number of anilines is 1. The van der Waals surface area contributed by atoms with Crippen LogP contribution in [0.2, 0.25) is 0 Å². The quantitative estimate of drug-likeness (QED) is 0.829. The maximum absolute atomic E-state index is 12.0. The van der Waals surface area contributed by atoms with Crippen molar-refractivity contribution in [3.63, 3.8) is 0 Å². The zero-order valence-electron chi connectivity index (χ0n) is 12.3. The van der Waals surface area contributed by atoms with E-state index in [9.17, 15) is 4.79 Å². The van der Waals surface area contributed by atoms with Crippen LogP contribution in [-0.4, -0.2) is 33.0 Å². The second-order valence-corrected chi connectivity index (χ2v) is 5.30. The van der Waals surface area contributed by atoms with Gasteiger partial charge in [-0.3, -0.25) is 4.79 Å². The summed E-state index contributed by atoms with van der Waals surface area (Å²) >= 11 is 1.35. The van der Waals surface area contributed by atoms with Crippen molar-refractivity contribution in [2.45, 2.75) is 19.0 Å². The summed E-state index contributed by atoms with van der Waals surface area (Å²) in [5.74, 6) is 1.66. The number of thioether (sulfide) groups is 1. The van der Waals surface area contributed by atoms with Gasteiger partial charge in [-0.15, -0.1) is 10.2 Å². The molecule has 6 nitrogen and oxygen atoms in total. The van der Waals surface area contributed by atoms with Crippen LogP contribution in [0.25, 0.3) is 0 Å². The van der Waals surface area contributed by atoms with E-state index in [-0.39, 0.29) is 11.7 Å². The molecule has 2 rings (SSSR count). The molecule has 0 aliphatic rings. The molecule has 0 aliphatic heterocycles. The summed E-state index contributed by atoms with van der Waals surface area (Å²) < 4.78 is 7.33. The highest BCUT2D eigenvalue weighted by Crippen LogP contribution is 2.24. The molecular weight excluding hydrogens is 288 g/mol. The zero-order valence-corrected chi connectivity index (χ0v) is 13.1. The van der Waals surface area contributed by atoms with Crippen LogP contribution in [0, 0.1) is 6.92 Å². The smallest absolute Gasteiger partial charge is 0.234 e. The number of amides is 1. The molecule has 21 heavy (non-hydrogen) atoms. The number of aromatic nitrogens is 3. The molecule has 0 aliphatic carbocycles. The Kier molecular flexibility index (Phi) is 5.21. The number of para-hydroxylation sites is 2. The van der Waals surface area contributed by atoms with Crippen molar-refractivity contribution < 1.29 is 9.53 Å². The number of nitrogens with one attached hydrogen (secondary N) is 1. The topological polar surface area (TPSA) is 69.0 Å². The SMILES string of the molecule is CCOc1ccccc1NC(=O)CSc1nnc(C)n1C. The molecule has 1 heterocycles. The number of nitrogens with zero attached hydrogens (tertiary/aromatic N) is 3. The maximum atomic E-state index is 12.0. The van der Waals surface area contributed by atoms with Crippen molar-refractivity contribution in [1.29, 1.82) is 0 Å². The fourth-order valence-electron chi connectivity index (χ4n) is 1.68. The summed E-state index contributed by atoms with van der Waals surface area (Å²) in [6.45, 7) is 4.33. The number of hydrogen-bond donors (Lipinski definition) is 1. The van der Waals surface area contributed by atoms with Gasteiger partial charge in [0.2, 0.25) is 5.91 Å². The largest absolute Gasteiger partial charge is 0.492 e. The number of ether oxygens (including phenoxy) is 1. The van der Waals surface area contributed by atoms with E-state index in [4.69, 9.17) is 4.74 Å². The Balaban J connectivity index is 1.94. The van der Waals surface area contributed by atoms with E-state index in [2.05, 4.69) is 15.5 Å². The minimum absolute atomic E-state index is 0.104. The normalized spacial score (nSPS) is 10.4. The molecule has 1 amide bonds. The molecule has 0 atom stereocenters. The van der Waals surface area contributed by atoms with Crippen LogP contribution >= 0.6 is 11.8 Å². The van der Waals surface area contributed by atoms with Crippen LogP contribution in [0.4, 0.5) is 5.69 Å². The summed E-state index contributed by atoms with van der Waals surface area (Å²) in [5.41, 5.74) is 0.680. The van der Waals surface area contributed by atoms with Gasteiger partial charge in [0.05, 0.1) is 18.0 Å². The Hall–Kier alpha value is -2.02. The van der Waals surface area contributed by atoms with Gasteiger partial charge in [0, 0.05) is 7.05 Å². The van der Waals surface area contributed by atoms with E-state index in [0.29, 0.717) is 18.0 Å². The molecule has 0 fully saturated rings. The zero-order chi connectivity index (χ0) is 15.2. The standard InChI is InChI=1S/C14H18N4O2S/c1-4-20-12-8-6-5-7-11(12)15-13(19)9-21-14-17-16-10(2)18(14)3/h5-8H,4,9H2,1-3H3,(H,15,19). The van der Waals surface area contributed by atoms with Crippen molar-refractivity contribution in [1.82, 2.24) is 14.8 Å². The van der Waals surface area contributed by atoms with Gasteiger partial charge >= 0.3 is 0 Å². The van der Waals surface area contributed by atoms with E-state index >= 15 is 0 Å². The van der Waals surface area contributed by atoms with Crippen molar-refractivity contribution in [3.05, 3.63) is 30.1 Å². The monoisotopic (exact) mass is 306 g/mol. The van der Waals surface area contributed by atoms with Gasteiger partial charge in [-0.05, 0) is 26.0 Å². The maximum Gasteiger partial charge on any atom is 0.234 e. The molecule has 1 aromatic carbocycles. The third-order valence-electron chi connectivity index (χ3n) is 2.85. The van der Waals surface area contributed by atoms with Gasteiger partial charge in [0.25, 0.3) is 0 Å². The Bertz CT molecular complexity index is 627. The molecule has 1 aromatic heterocycles. The number of rotatable bonds is 6. The van der Waals surface area contributed by atoms with E-state index < -0.39 is 0 Å². The fourth-order valence-corrected chi connectivity index (χ4v) is 2.44. The van der Waals surface area contributed by atoms with Crippen LogP contribution in [-0.2, 0) is 11.8 Å². The van der Waals surface area contributed by atoms with Crippen molar-refractivity contribution in [3.8, 4) is 5.75 Å². The van der Waals surface area contributed by atoms with Crippen LogP contribution in [0.15, 0.2) is 29.4 Å². The molecular formula is C14H18N4O2S. The number of carbonyl (C=O) groups is 1. The first-order valence-corrected chi connectivity index (χ1v) is 7.60. The van der Waals surface area contributed by atoms with E-state index in [1.54, 1.807) is 0 Å². The first-order valence-electron chi connectivity index (χ1n) is 6.62. The summed E-state index contributed by atoms with van der Waals surface area (Å²) in [5, 5.41) is 11.5. The average Bonchev–Trinajstić information content (AvgIpc) is 2.79. The van der Waals surface area contributed by atoms with Gasteiger partial charge in [-0.1, -0.05) is 23.9 Å². The van der Waals surface area contributed by atoms with Crippen molar-refractivity contribution >= 4 is 23.4 Å². The van der Waals surface area contributed by atoms with E-state index in [1.807, 2.05) is 49.7 Å². The first kappa shape index (κ1) is 15.4. The van der Waals surface area contributed by atoms with Crippen LogP contribution in [0.1, 0.15) is 12.7 Å². The van der Waals surface area contributed by atoms with Gasteiger partial charge in [0.1, 0.15) is 11.6 Å². The highest BCUT2D eigenvalue weighted by atomic mass is 32.2. The van der Waals surface area contributed by atoms with Crippen molar-refractivity contribution in [2.24, 2.45) is 7.05 Å². The minimum Gasteiger partial charge on any atom is -0.492 e. The lowest BCUT2D eigenvalue weighted by Gasteiger charge is -2.10. The number of carbonyl (C=O) groups excluding carboxylic acids is 1. The predicted octanol–water partition coefficient (Wildman–Crippen LogP) is 2.25. The van der Waals surface area contributed by atoms with Crippen LogP contribution in [0.3, 0.4) is 0 Å². The Morgan fingerprint density at radius 1 is 1.38 bits per heavy atom. The van der Waals surface area contributed by atoms with Crippen LogP contribution < -0.4 is 10.1 Å². The summed E-state index contributed by atoms with van der Waals surface area (Å²) in [6, 6.07) is 7.38. The Morgan fingerprint density at radius 2 is 2.14 bits per heavy atom. The van der Waals surface area contributed by atoms with Crippen LogP contribution in [0.5, 0.6) is 5.75 Å². The third kappa shape index (κ3) is 3.98. The molecule has 2 aromatic rings. The molecule has 0 bridgehead atoms. The average molecular weight is 306 g/mol. The van der Waals surface area contributed by atoms with Gasteiger partial charge in [-0.25, -0.2) is 0 Å². The Morgan fingerprint density at radius 3 is 2.81 bits per heavy atom. The lowest BCUT2D eigenvalue weighted by atomic mass is 10.3. The van der Waals surface area contributed by atoms with Crippen molar-refractivity contribution in [2.75, 3.05) is 17.7 Å². The molecule has 7 heteroatoms. The highest BCUT2D eigenvalue weighted by Gasteiger charge is 2.11. The van der Waals surface area contributed by atoms with Gasteiger partial charge < -0.3 is 14.6 Å². The number of aryl methyl sites for hydroxylation is 1. The third-order valence-corrected chi connectivity index (χ3v) is 3.87. The van der Waals surface area contributed by atoms with Gasteiger partial charge in [-0.2, -0.15) is 0 Å². The molecule has 0 saturated carbocycles. The second-order valence-electron chi connectivity index (χ2n) is 4.35. The summed E-state index contributed by atoms with van der Waals surface area (Å²) in [6.07, 6.45) is 0. The molecule has 112 valence electrons. The molecule has 0 spiro atoms. The lowest BCUT2D eigenvalue weighted by molar-refractivity contribution is -0.113. The molecule has 0 unspecified atom stereocenters. The second kappa shape index (κ2) is 7.12. The molecule has 0 radical (unpaired) electrons. The minimum atomic E-state index is -0.104. The molecule has 0 saturated heterocycles. The highest BCUT2D eigenvalue weighted by molar-refractivity contribution is 7.99. The van der Waals surface area contributed by atoms with E-state index in [1.165, 1.54) is 11.8 Å². The Labute approximate surface area is 127 Å². The number of benzene rings is 1. The summed E-state index contributed by atoms with van der Waals surface area (Å²) in [4.78, 5) is 12.0. The first-order chi connectivity index (χ1) is 10.1. The molecule has 1 N–H and O–H groups in total. The van der Waals surface area contributed by atoms with E-state index in [0.717, 1.165) is 11.0 Å².